The predicted octanol–water partition coefficient (Wildman–Crippen LogP) is 3.45. The maximum Gasteiger partial charge on any atom is 0.337 e. The standard InChI is InChI=1S/C23H29ClN2O5/c1-5-13-11-26-9-8-23(28)19-17(7-6-16(24)20(19)30-3)25-21(23)18(26)10-14(13)15(12-29-2)22(27)31-4/h6-7,12-14,18,28H,5,8-11H2,1-4H3/b15-12+/t13-,14+,18+,23+/m1/s1. The highest BCUT2D eigenvalue weighted by molar-refractivity contribution is 6.32. The second kappa shape index (κ2) is 8.45. The molecule has 3 heterocycles. The molecule has 0 unspecified atom stereocenters. The number of carbonyl (C=O) groups excluding carboxylic acids is 1. The van der Waals surface area contributed by atoms with Crippen molar-refractivity contribution in [1.29, 1.82) is 0 Å². The van der Waals surface area contributed by atoms with Crippen molar-refractivity contribution in [2.24, 2.45) is 16.8 Å². The van der Waals surface area contributed by atoms with Gasteiger partial charge in [0.15, 0.2) is 0 Å². The number of aliphatic hydroxyl groups is 1. The third-order valence-electron chi connectivity index (χ3n) is 6.99. The van der Waals surface area contributed by atoms with Crippen LogP contribution in [0.15, 0.2) is 29.0 Å². The molecule has 3 aliphatic rings. The maximum absolute atomic E-state index is 12.5. The van der Waals surface area contributed by atoms with Gasteiger partial charge in [-0.05, 0) is 36.8 Å². The summed E-state index contributed by atoms with van der Waals surface area (Å²) in [5.41, 5.74) is 1.34. The van der Waals surface area contributed by atoms with Gasteiger partial charge in [0.05, 0.1) is 61.2 Å². The van der Waals surface area contributed by atoms with Crippen molar-refractivity contribution in [3.63, 3.8) is 0 Å². The minimum absolute atomic E-state index is 0.0575. The monoisotopic (exact) mass is 448 g/mol. The number of hydrogen-bond acceptors (Lipinski definition) is 7. The first-order valence-corrected chi connectivity index (χ1v) is 11.0. The van der Waals surface area contributed by atoms with Crippen LogP contribution in [0.5, 0.6) is 5.75 Å². The minimum Gasteiger partial charge on any atom is -0.504 e. The van der Waals surface area contributed by atoms with Gasteiger partial charge in [0.25, 0.3) is 0 Å². The van der Waals surface area contributed by atoms with Gasteiger partial charge in [-0.15, -0.1) is 0 Å². The van der Waals surface area contributed by atoms with Crippen LogP contribution in [0.25, 0.3) is 0 Å². The van der Waals surface area contributed by atoms with Gasteiger partial charge in [-0.2, -0.15) is 0 Å². The highest BCUT2D eigenvalue weighted by Gasteiger charge is 2.54. The van der Waals surface area contributed by atoms with E-state index in [4.69, 9.17) is 30.8 Å². The van der Waals surface area contributed by atoms with Crippen LogP contribution in [-0.2, 0) is 19.9 Å². The van der Waals surface area contributed by atoms with Gasteiger partial charge < -0.3 is 19.3 Å². The van der Waals surface area contributed by atoms with Crippen LogP contribution < -0.4 is 4.74 Å². The van der Waals surface area contributed by atoms with E-state index in [2.05, 4.69) is 11.8 Å². The molecule has 0 aromatic heterocycles. The number of halogens is 1. The fourth-order valence-electron chi connectivity index (χ4n) is 5.49. The Morgan fingerprint density at radius 1 is 1.39 bits per heavy atom. The van der Waals surface area contributed by atoms with Crippen LogP contribution in [0.4, 0.5) is 5.69 Å². The zero-order chi connectivity index (χ0) is 22.3. The normalized spacial score (nSPS) is 30.1. The van der Waals surface area contributed by atoms with Crippen molar-refractivity contribution < 1.29 is 24.1 Å². The van der Waals surface area contributed by atoms with Gasteiger partial charge in [0.2, 0.25) is 0 Å². The molecule has 168 valence electrons. The van der Waals surface area contributed by atoms with E-state index < -0.39 is 5.60 Å². The molecule has 3 aliphatic heterocycles. The van der Waals surface area contributed by atoms with Gasteiger partial charge >= 0.3 is 5.97 Å². The average Bonchev–Trinajstić information content (AvgIpc) is 3.09. The lowest BCUT2D eigenvalue weighted by Gasteiger charge is -2.50. The summed E-state index contributed by atoms with van der Waals surface area (Å²) < 4.78 is 15.8. The van der Waals surface area contributed by atoms with E-state index in [9.17, 15) is 9.90 Å². The lowest BCUT2D eigenvalue weighted by molar-refractivity contribution is -0.137. The van der Waals surface area contributed by atoms with E-state index in [1.165, 1.54) is 20.5 Å². The number of fused-ring (bicyclic) bond motifs is 5. The molecule has 0 spiro atoms. The summed E-state index contributed by atoms with van der Waals surface area (Å²) in [6.07, 6.45) is 3.59. The number of aliphatic imine (C=N–C) groups is 1. The molecule has 1 N–H and O–H groups in total. The molecule has 0 radical (unpaired) electrons. The number of ether oxygens (including phenoxy) is 3. The smallest absolute Gasteiger partial charge is 0.337 e. The van der Waals surface area contributed by atoms with Crippen molar-refractivity contribution in [2.45, 2.75) is 37.8 Å². The zero-order valence-corrected chi connectivity index (χ0v) is 19.1. The van der Waals surface area contributed by atoms with E-state index >= 15 is 0 Å². The van der Waals surface area contributed by atoms with Crippen molar-refractivity contribution in [3.8, 4) is 5.75 Å². The van der Waals surface area contributed by atoms with Crippen molar-refractivity contribution in [2.75, 3.05) is 34.4 Å². The van der Waals surface area contributed by atoms with Crippen LogP contribution in [0.1, 0.15) is 31.7 Å². The van der Waals surface area contributed by atoms with Crippen LogP contribution in [0.3, 0.4) is 0 Å². The summed E-state index contributed by atoms with van der Waals surface area (Å²) in [7, 11) is 4.47. The number of methoxy groups -OCH3 is 3. The molecule has 2 saturated heterocycles. The summed E-state index contributed by atoms with van der Waals surface area (Å²) in [5, 5.41) is 12.3. The number of benzene rings is 1. The zero-order valence-electron chi connectivity index (χ0n) is 18.4. The highest BCUT2D eigenvalue weighted by atomic mass is 35.5. The molecular weight excluding hydrogens is 420 g/mol. The molecule has 7 nitrogen and oxygen atoms in total. The Labute approximate surface area is 187 Å². The van der Waals surface area contributed by atoms with Crippen molar-refractivity contribution in [1.82, 2.24) is 4.90 Å². The third-order valence-corrected chi connectivity index (χ3v) is 7.29. The first-order valence-electron chi connectivity index (χ1n) is 10.6. The molecular formula is C23H29ClN2O5. The van der Waals surface area contributed by atoms with Crippen LogP contribution >= 0.6 is 11.6 Å². The maximum atomic E-state index is 12.5. The first-order chi connectivity index (χ1) is 14.9. The van der Waals surface area contributed by atoms with Gasteiger partial charge in [-0.1, -0.05) is 24.9 Å². The molecule has 0 saturated carbocycles. The third kappa shape index (κ3) is 3.43. The Hall–Kier alpha value is -2.09. The number of hydrogen-bond donors (Lipinski definition) is 1. The molecule has 2 fully saturated rings. The first kappa shape index (κ1) is 22.1. The van der Waals surface area contributed by atoms with E-state index in [-0.39, 0.29) is 23.8 Å². The summed E-state index contributed by atoms with van der Waals surface area (Å²) in [6.45, 7) is 3.67. The predicted molar refractivity (Wildman–Crippen MR) is 118 cm³/mol. The molecule has 1 aromatic rings. The molecule has 4 atom stereocenters. The van der Waals surface area contributed by atoms with Crippen LogP contribution in [0.2, 0.25) is 5.02 Å². The van der Waals surface area contributed by atoms with Gasteiger partial charge in [-0.25, -0.2) is 4.79 Å². The van der Waals surface area contributed by atoms with E-state index in [1.807, 2.05) is 6.07 Å². The van der Waals surface area contributed by atoms with Crippen molar-refractivity contribution >= 4 is 29.0 Å². The largest absolute Gasteiger partial charge is 0.504 e. The summed E-state index contributed by atoms with van der Waals surface area (Å²) in [5.74, 6) is 0.311. The van der Waals surface area contributed by atoms with E-state index in [0.29, 0.717) is 46.1 Å². The second-order valence-electron chi connectivity index (χ2n) is 8.40. The van der Waals surface area contributed by atoms with Gasteiger partial charge in [-0.3, -0.25) is 9.89 Å². The molecule has 0 bridgehead atoms. The fourth-order valence-corrected chi connectivity index (χ4v) is 5.73. The Kier molecular flexibility index (Phi) is 6.03. The van der Waals surface area contributed by atoms with Crippen LogP contribution in [-0.4, -0.2) is 62.1 Å². The van der Waals surface area contributed by atoms with Crippen molar-refractivity contribution in [3.05, 3.63) is 34.6 Å². The lowest BCUT2D eigenvalue weighted by atomic mass is 9.70. The molecule has 8 heteroatoms. The molecule has 31 heavy (non-hydrogen) atoms. The van der Waals surface area contributed by atoms with Gasteiger partial charge in [0.1, 0.15) is 11.4 Å². The number of esters is 1. The molecule has 1 aromatic carbocycles. The average molecular weight is 449 g/mol. The highest BCUT2D eigenvalue weighted by Crippen LogP contribution is 2.53. The summed E-state index contributed by atoms with van der Waals surface area (Å²) in [4.78, 5) is 19.7. The molecule has 4 rings (SSSR count). The summed E-state index contributed by atoms with van der Waals surface area (Å²) >= 11 is 6.36. The number of piperidine rings is 2. The van der Waals surface area contributed by atoms with Crippen LogP contribution in [0, 0.1) is 11.8 Å². The minimum atomic E-state index is -1.23. The van der Waals surface area contributed by atoms with E-state index in [0.717, 1.165) is 19.5 Å². The SMILES string of the molecule is CC[C@@H]1CN2CC[C@@]3(O)C(=Nc4ccc(Cl)c(OC)c43)[C@@H]2C[C@@H]1/C(=C\OC)C(=O)OC. The fraction of sp³-hybridized carbons (Fsp3) is 0.565. The summed E-state index contributed by atoms with van der Waals surface area (Å²) in [6, 6.07) is 3.47. The molecule has 0 aliphatic carbocycles. The Bertz CT molecular complexity index is 946. The quantitative estimate of drug-likeness (QED) is 0.422. The van der Waals surface area contributed by atoms with Gasteiger partial charge in [0, 0.05) is 13.1 Å². The topological polar surface area (TPSA) is 80.6 Å². The Morgan fingerprint density at radius 2 is 2.16 bits per heavy atom. The number of carbonyl (C=O) groups is 1. The Balaban J connectivity index is 1.74. The molecule has 0 amide bonds. The number of rotatable bonds is 5. The van der Waals surface area contributed by atoms with E-state index in [1.54, 1.807) is 13.2 Å². The number of nitrogens with zero attached hydrogens (tertiary/aromatic N) is 2. The second-order valence-corrected chi connectivity index (χ2v) is 8.81. The Morgan fingerprint density at radius 3 is 2.81 bits per heavy atom. The lowest BCUT2D eigenvalue weighted by Crippen LogP contribution is -2.60.